The van der Waals surface area contributed by atoms with E-state index in [1.165, 1.54) is 11.3 Å². The first kappa shape index (κ1) is 21.5. The summed E-state index contributed by atoms with van der Waals surface area (Å²) in [6.07, 6.45) is 0.409. The third-order valence-corrected chi connectivity index (χ3v) is 5.87. The number of benzene rings is 1. The van der Waals surface area contributed by atoms with Gasteiger partial charge in [-0.25, -0.2) is 4.98 Å². The number of morpholine rings is 1. The van der Waals surface area contributed by atoms with Crippen LogP contribution < -0.4 is 14.8 Å². The minimum atomic E-state index is -0.171. The Labute approximate surface area is 176 Å². The smallest absolute Gasteiger partial charge is 0.270 e. The zero-order valence-corrected chi connectivity index (χ0v) is 18.4. The van der Waals surface area contributed by atoms with E-state index < -0.39 is 0 Å². The minimum Gasteiger partial charge on any atom is -0.493 e. The van der Waals surface area contributed by atoms with Crippen LogP contribution in [0.2, 0.25) is 0 Å². The lowest BCUT2D eigenvalue weighted by atomic mass is 10.1. The molecular weight excluding hydrogens is 390 g/mol. The lowest BCUT2D eigenvalue weighted by Crippen LogP contribution is -2.52. The third-order valence-electron chi connectivity index (χ3n) is 5.00. The van der Waals surface area contributed by atoms with Crippen LogP contribution in [-0.2, 0) is 4.74 Å². The number of para-hydroxylation sites is 1. The van der Waals surface area contributed by atoms with E-state index in [9.17, 15) is 4.79 Å². The Bertz CT molecular complexity index is 831. The lowest BCUT2D eigenvalue weighted by Gasteiger charge is -2.38. The molecule has 1 amide bonds. The van der Waals surface area contributed by atoms with Gasteiger partial charge in [0.05, 0.1) is 32.0 Å². The molecule has 0 aliphatic carbocycles. The Kier molecular flexibility index (Phi) is 7.10. The highest BCUT2D eigenvalue weighted by molar-refractivity contribution is 7.13. The van der Waals surface area contributed by atoms with Crippen LogP contribution in [0.3, 0.4) is 0 Å². The first-order chi connectivity index (χ1) is 13.9. The predicted molar refractivity (Wildman–Crippen MR) is 114 cm³/mol. The second-order valence-electron chi connectivity index (χ2n) is 7.35. The molecule has 0 bridgehead atoms. The number of nitrogens with zero attached hydrogens (tertiary/aromatic N) is 2. The topological polar surface area (TPSA) is 72.9 Å². The summed E-state index contributed by atoms with van der Waals surface area (Å²) in [5, 5.41) is 5.50. The molecule has 0 saturated carbocycles. The highest BCUT2D eigenvalue weighted by Crippen LogP contribution is 2.38. The predicted octanol–water partition coefficient (Wildman–Crippen LogP) is 3.05. The molecule has 3 atom stereocenters. The van der Waals surface area contributed by atoms with Gasteiger partial charge in [-0.05, 0) is 32.9 Å². The van der Waals surface area contributed by atoms with Crippen LogP contribution in [-0.4, -0.2) is 67.9 Å². The maximum atomic E-state index is 12.6. The molecule has 0 radical (unpaired) electrons. The van der Waals surface area contributed by atoms with Gasteiger partial charge in [0.25, 0.3) is 5.91 Å². The van der Waals surface area contributed by atoms with Crippen LogP contribution >= 0.6 is 11.3 Å². The molecule has 1 aliphatic rings. The van der Waals surface area contributed by atoms with E-state index in [1.807, 2.05) is 18.2 Å². The number of nitrogens with one attached hydrogen (secondary N) is 1. The Morgan fingerprint density at radius 1 is 1.31 bits per heavy atom. The molecule has 1 saturated heterocycles. The average molecular weight is 420 g/mol. The number of hydrogen-bond acceptors (Lipinski definition) is 7. The number of carbonyl (C=O) groups is 1. The monoisotopic (exact) mass is 419 g/mol. The molecular formula is C21H29N3O4S. The lowest BCUT2D eigenvalue weighted by molar-refractivity contribution is -0.0778. The van der Waals surface area contributed by atoms with Gasteiger partial charge in [0, 0.05) is 31.1 Å². The Morgan fingerprint density at radius 2 is 2.03 bits per heavy atom. The molecule has 1 aromatic carbocycles. The van der Waals surface area contributed by atoms with Crippen LogP contribution in [0.15, 0.2) is 23.6 Å². The number of hydrogen-bond donors (Lipinski definition) is 1. The van der Waals surface area contributed by atoms with Crippen LogP contribution in [0.25, 0.3) is 10.6 Å². The van der Waals surface area contributed by atoms with Gasteiger partial charge in [0.1, 0.15) is 10.7 Å². The van der Waals surface area contributed by atoms with Gasteiger partial charge in [0.15, 0.2) is 11.5 Å². The highest BCUT2D eigenvalue weighted by atomic mass is 32.1. The largest absolute Gasteiger partial charge is 0.493 e. The summed E-state index contributed by atoms with van der Waals surface area (Å²) in [4.78, 5) is 19.5. The molecule has 29 heavy (non-hydrogen) atoms. The van der Waals surface area contributed by atoms with Crippen molar-refractivity contribution >= 4 is 17.2 Å². The molecule has 2 heterocycles. The number of thiazole rings is 1. The minimum absolute atomic E-state index is 0.171. The van der Waals surface area contributed by atoms with Crippen molar-refractivity contribution in [2.75, 3.05) is 33.9 Å². The molecule has 0 spiro atoms. The summed E-state index contributed by atoms with van der Waals surface area (Å²) in [7, 11) is 3.19. The van der Waals surface area contributed by atoms with Crippen molar-refractivity contribution in [1.29, 1.82) is 0 Å². The van der Waals surface area contributed by atoms with E-state index in [1.54, 1.807) is 19.6 Å². The van der Waals surface area contributed by atoms with Crippen LogP contribution in [0.1, 0.15) is 31.3 Å². The van der Waals surface area contributed by atoms with Gasteiger partial charge in [-0.15, -0.1) is 11.3 Å². The number of rotatable bonds is 7. The van der Waals surface area contributed by atoms with Crippen molar-refractivity contribution < 1.29 is 19.0 Å². The summed E-state index contributed by atoms with van der Waals surface area (Å²) >= 11 is 1.41. The molecule has 3 rings (SSSR count). The van der Waals surface area contributed by atoms with Crippen LogP contribution in [0.4, 0.5) is 0 Å². The Hall–Kier alpha value is -2.16. The number of aromatic nitrogens is 1. The van der Waals surface area contributed by atoms with Crippen molar-refractivity contribution in [1.82, 2.24) is 15.2 Å². The standard InChI is InChI=1S/C21H29N3O4S/c1-13(24-10-14(2)28-15(3)11-24)9-22-20(25)17-12-29-21(23-17)16-7-6-8-18(26-4)19(16)27-5/h6-8,12-15H,9-11H2,1-5H3,(H,22,25). The van der Waals surface area contributed by atoms with E-state index in [2.05, 4.69) is 36.0 Å². The van der Waals surface area contributed by atoms with Gasteiger partial charge in [0.2, 0.25) is 0 Å². The third kappa shape index (κ3) is 5.07. The van der Waals surface area contributed by atoms with Gasteiger partial charge in [-0.2, -0.15) is 0 Å². The molecule has 8 heteroatoms. The van der Waals surface area contributed by atoms with Crippen molar-refractivity contribution in [3.05, 3.63) is 29.3 Å². The fourth-order valence-electron chi connectivity index (χ4n) is 3.59. The highest BCUT2D eigenvalue weighted by Gasteiger charge is 2.26. The summed E-state index contributed by atoms with van der Waals surface area (Å²) in [5.41, 5.74) is 1.21. The fraction of sp³-hybridized carbons (Fsp3) is 0.524. The Morgan fingerprint density at radius 3 is 2.69 bits per heavy atom. The van der Waals surface area contributed by atoms with E-state index in [0.29, 0.717) is 23.7 Å². The number of methoxy groups -OCH3 is 2. The van der Waals surface area contributed by atoms with E-state index in [4.69, 9.17) is 14.2 Å². The molecule has 7 nitrogen and oxygen atoms in total. The second kappa shape index (κ2) is 9.56. The quantitative estimate of drug-likeness (QED) is 0.744. The molecule has 1 N–H and O–H groups in total. The molecule has 1 aliphatic heterocycles. The van der Waals surface area contributed by atoms with Gasteiger partial charge in [-0.3, -0.25) is 9.69 Å². The first-order valence-corrected chi connectivity index (χ1v) is 10.7. The van der Waals surface area contributed by atoms with Crippen molar-refractivity contribution in [2.45, 2.75) is 39.0 Å². The van der Waals surface area contributed by atoms with E-state index in [0.717, 1.165) is 23.7 Å². The van der Waals surface area contributed by atoms with Crippen molar-refractivity contribution in [2.24, 2.45) is 0 Å². The van der Waals surface area contributed by atoms with Crippen molar-refractivity contribution in [3.8, 4) is 22.1 Å². The maximum absolute atomic E-state index is 12.6. The average Bonchev–Trinajstić information content (AvgIpc) is 3.20. The summed E-state index contributed by atoms with van der Waals surface area (Å²) < 4.78 is 16.6. The van der Waals surface area contributed by atoms with Crippen molar-refractivity contribution in [3.63, 3.8) is 0 Å². The molecule has 3 unspecified atom stereocenters. The van der Waals surface area contributed by atoms with Gasteiger partial charge < -0.3 is 19.5 Å². The van der Waals surface area contributed by atoms with Crippen LogP contribution in [0, 0.1) is 0 Å². The van der Waals surface area contributed by atoms with Gasteiger partial charge in [-0.1, -0.05) is 6.07 Å². The number of ether oxygens (including phenoxy) is 3. The summed E-state index contributed by atoms with van der Waals surface area (Å²) in [6, 6.07) is 5.84. The zero-order valence-electron chi connectivity index (χ0n) is 17.6. The molecule has 158 valence electrons. The molecule has 1 fully saturated rings. The fourth-order valence-corrected chi connectivity index (χ4v) is 4.42. The normalized spacial score (nSPS) is 20.9. The second-order valence-corrected chi connectivity index (χ2v) is 8.21. The number of carbonyl (C=O) groups excluding carboxylic acids is 1. The molecule has 1 aromatic heterocycles. The zero-order chi connectivity index (χ0) is 21.0. The van der Waals surface area contributed by atoms with E-state index in [-0.39, 0.29) is 24.2 Å². The number of amides is 1. The summed E-state index contributed by atoms with van der Waals surface area (Å²) in [6.45, 7) is 8.59. The SMILES string of the molecule is COc1cccc(-c2nc(C(=O)NCC(C)N3CC(C)OC(C)C3)cs2)c1OC. The van der Waals surface area contributed by atoms with E-state index >= 15 is 0 Å². The molecule has 2 aromatic rings. The van der Waals surface area contributed by atoms with Crippen LogP contribution in [0.5, 0.6) is 11.5 Å². The summed E-state index contributed by atoms with van der Waals surface area (Å²) in [5.74, 6) is 1.07. The van der Waals surface area contributed by atoms with Gasteiger partial charge >= 0.3 is 0 Å². The first-order valence-electron chi connectivity index (χ1n) is 9.77. The Balaban J connectivity index is 1.64. The maximum Gasteiger partial charge on any atom is 0.270 e.